The molecular formula is C22H23N3O4. The van der Waals surface area contributed by atoms with E-state index in [1.807, 2.05) is 53.4 Å². The van der Waals surface area contributed by atoms with Crippen LogP contribution in [0.15, 0.2) is 54.6 Å². The average Bonchev–Trinajstić information content (AvgIpc) is 3.02. The average molecular weight is 393 g/mol. The van der Waals surface area contributed by atoms with Gasteiger partial charge in [-0.3, -0.25) is 9.69 Å². The van der Waals surface area contributed by atoms with Crippen LogP contribution in [0.25, 0.3) is 10.9 Å². The number of aryl methyl sites for hydroxylation is 1. The predicted octanol–water partition coefficient (Wildman–Crippen LogP) is 2.82. The summed E-state index contributed by atoms with van der Waals surface area (Å²) in [7, 11) is 1.67. The maximum absolute atomic E-state index is 12.3. The van der Waals surface area contributed by atoms with Crippen molar-refractivity contribution in [1.82, 2.24) is 9.47 Å². The van der Waals surface area contributed by atoms with Gasteiger partial charge in [-0.15, -0.1) is 0 Å². The summed E-state index contributed by atoms with van der Waals surface area (Å²) >= 11 is 0. The largest absolute Gasteiger partial charge is 0.480 e. The van der Waals surface area contributed by atoms with E-state index in [-0.39, 0.29) is 5.69 Å². The number of piperazine rings is 1. The molecule has 1 aromatic heterocycles. The van der Waals surface area contributed by atoms with Gasteiger partial charge in [0.15, 0.2) is 0 Å². The van der Waals surface area contributed by atoms with Crippen LogP contribution in [0.4, 0.5) is 5.69 Å². The van der Waals surface area contributed by atoms with E-state index >= 15 is 0 Å². The van der Waals surface area contributed by atoms with Crippen molar-refractivity contribution in [3.63, 3.8) is 0 Å². The van der Waals surface area contributed by atoms with Crippen LogP contribution in [0.3, 0.4) is 0 Å². The first-order valence-corrected chi connectivity index (χ1v) is 9.56. The van der Waals surface area contributed by atoms with Crippen LogP contribution in [0, 0.1) is 0 Å². The standard InChI is InChI=1S/C22H23N3O4/c1-23-17-10-6-5-9-16(17)18(19(23)21(26)27)20(22(28)29)25-13-11-24(12-14-25)15-7-3-2-4-8-15/h2-10,20H,11-14H2,1H3,(H,26,27)(H,28,29)/t20-/m0/s1. The highest BCUT2D eigenvalue weighted by Gasteiger charge is 2.36. The number of nitrogens with zero attached hydrogens (tertiary/aromatic N) is 3. The van der Waals surface area contributed by atoms with Crippen molar-refractivity contribution in [2.24, 2.45) is 7.05 Å². The quantitative estimate of drug-likeness (QED) is 0.693. The molecule has 1 aliphatic heterocycles. The third-order valence-corrected chi connectivity index (χ3v) is 5.66. The lowest BCUT2D eigenvalue weighted by atomic mass is 10.00. The second-order valence-corrected chi connectivity index (χ2v) is 7.24. The molecule has 0 bridgehead atoms. The Kier molecular flexibility index (Phi) is 4.98. The molecule has 29 heavy (non-hydrogen) atoms. The molecule has 0 aliphatic carbocycles. The van der Waals surface area contributed by atoms with Gasteiger partial charge >= 0.3 is 11.9 Å². The van der Waals surface area contributed by atoms with Crippen molar-refractivity contribution in [2.75, 3.05) is 31.1 Å². The number of benzene rings is 2. The second-order valence-electron chi connectivity index (χ2n) is 7.24. The van der Waals surface area contributed by atoms with Crippen molar-refractivity contribution in [1.29, 1.82) is 0 Å². The van der Waals surface area contributed by atoms with E-state index in [2.05, 4.69) is 4.90 Å². The number of fused-ring (bicyclic) bond motifs is 1. The number of carboxylic acid groups (broad SMARTS) is 2. The smallest absolute Gasteiger partial charge is 0.352 e. The molecule has 1 aliphatic rings. The van der Waals surface area contributed by atoms with Gasteiger partial charge in [-0.05, 0) is 18.2 Å². The molecule has 150 valence electrons. The SMILES string of the molecule is Cn1c(C(=O)O)c([C@@H](C(=O)O)N2CCN(c3ccccc3)CC2)c2ccccc21. The molecule has 7 nitrogen and oxygen atoms in total. The van der Waals surface area contributed by atoms with Crippen LogP contribution in [0.1, 0.15) is 22.1 Å². The van der Waals surface area contributed by atoms with Gasteiger partial charge in [-0.25, -0.2) is 4.79 Å². The molecule has 1 atom stereocenters. The Balaban J connectivity index is 1.70. The number of para-hydroxylation sites is 2. The molecule has 4 rings (SSSR count). The fourth-order valence-corrected chi connectivity index (χ4v) is 4.30. The predicted molar refractivity (Wildman–Crippen MR) is 110 cm³/mol. The Morgan fingerprint density at radius 3 is 2.14 bits per heavy atom. The van der Waals surface area contributed by atoms with E-state index in [0.29, 0.717) is 42.6 Å². The van der Waals surface area contributed by atoms with Crippen LogP contribution in [-0.2, 0) is 11.8 Å². The van der Waals surface area contributed by atoms with Crippen LogP contribution >= 0.6 is 0 Å². The molecule has 0 radical (unpaired) electrons. The monoisotopic (exact) mass is 393 g/mol. The summed E-state index contributed by atoms with van der Waals surface area (Å²) in [6.07, 6.45) is 0. The molecule has 0 spiro atoms. The fourth-order valence-electron chi connectivity index (χ4n) is 4.30. The number of aromatic carboxylic acids is 1. The van der Waals surface area contributed by atoms with Crippen molar-refractivity contribution in [3.8, 4) is 0 Å². The summed E-state index contributed by atoms with van der Waals surface area (Å²) < 4.78 is 1.57. The van der Waals surface area contributed by atoms with Gasteiger partial charge in [0.05, 0.1) is 0 Å². The molecule has 0 unspecified atom stereocenters. The van der Waals surface area contributed by atoms with Crippen molar-refractivity contribution in [3.05, 3.63) is 65.9 Å². The number of anilines is 1. The van der Waals surface area contributed by atoms with Gasteiger partial charge in [-0.2, -0.15) is 0 Å². The Morgan fingerprint density at radius 2 is 1.52 bits per heavy atom. The highest BCUT2D eigenvalue weighted by molar-refractivity contribution is 6.01. The molecule has 2 aromatic carbocycles. The van der Waals surface area contributed by atoms with E-state index in [9.17, 15) is 19.8 Å². The lowest BCUT2D eigenvalue weighted by Gasteiger charge is -2.39. The minimum atomic E-state index is -1.12. The van der Waals surface area contributed by atoms with Gasteiger partial charge in [0.2, 0.25) is 0 Å². The number of aliphatic carboxylic acids is 1. The van der Waals surface area contributed by atoms with Crippen molar-refractivity contribution in [2.45, 2.75) is 6.04 Å². The number of hydrogen-bond donors (Lipinski definition) is 2. The summed E-state index contributed by atoms with van der Waals surface area (Å²) in [6, 6.07) is 16.3. The highest BCUT2D eigenvalue weighted by Crippen LogP contribution is 2.35. The summed E-state index contributed by atoms with van der Waals surface area (Å²) in [6.45, 7) is 2.43. The van der Waals surface area contributed by atoms with Crippen LogP contribution in [0.5, 0.6) is 0 Å². The van der Waals surface area contributed by atoms with E-state index < -0.39 is 18.0 Å². The third-order valence-electron chi connectivity index (χ3n) is 5.66. The Bertz CT molecular complexity index is 1050. The fraction of sp³-hybridized carbons (Fsp3) is 0.273. The zero-order valence-electron chi connectivity index (χ0n) is 16.2. The molecular weight excluding hydrogens is 370 g/mol. The van der Waals surface area contributed by atoms with Crippen LogP contribution in [-0.4, -0.2) is 57.8 Å². The maximum atomic E-state index is 12.3. The molecule has 3 aromatic rings. The highest BCUT2D eigenvalue weighted by atomic mass is 16.4. The van der Waals surface area contributed by atoms with Gasteiger partial charge in [0.1, 0.15) is 11.7 Å². The number of carbonyl (C=O) groups is 2. The Morgan fingerprint density at radius 1 is 0.897 bits per heavy atom. The zero-order valence-corrected chi connectivity index (χ0v) is 16.2. The molecule has 2 N–H and O–H groups in total. The van der Waals surface area contributed by atoms with E-state index in [1.54, 1.807) is 17.7 Å². The summed E-state index contributed by atoms with van der Waals surface area (Å²) in [5.74, 6) is -2.15. The normalized spacial score (nSPS) is 16.1. The Hall–Kier alpha value is -3.32. The number of carboxylic acids is 2. The van der Waals surface area contributed by atoms with E-state index in [1.165, 1.54) is 0 Å². The Labute approximate surface area is 168 Å². The molecule has 1 fully saturated rings. The van der Waals surface area contributed by atoms with Crippen molar-refractivity contribution < 1.29 is 19.8 Å². The van der Waals surface area contributed by atoms with Crippen molar-refractivity contribution >= 4 is 28.5 Å². The van der Waals surface area contributed by atoms with Gasteiger partial charge in [0.25, 0.3) is 0 Å². The van der Waals surface area contributed by atoms with Gasteiger partial charge < -0.3 is 19.7 Å². The van der Waals surface area contributed by atoms with E-state index in [0.717, 1.165) is 5.69 Å². The van der Waals surface area contributed by atoms with Crippen LogP contribution in [0.2, 0.25) is 0 Å². The second kappa shape index (κ2) is 7.60. The maximum Gasteiger partial charge on any atom is 0.352 e. The first-order chi connectivity index (χ1) is 14.0. The van der Waals surface area contributed by atoms with Gasteiger partial charge in [-0.1, -0.05) is 36.4 Å². The molecule has 0 saturated carbocycles. The molecule has 1 saturated heterocycles. The summed E-state index contributed by atoms with van der Waals surface area (Å²) in [5.41, 5.74) is 2.21. The first-order valence-electron chi connectivity index (χ1n) is 9.56. The molecule has 7 heteroatoms. The number of hydrogen-bond acceptors (Lipinski definition) is 4. The molecule has 2 heterocycles. The van der Waals surface area contributed by atoms with Crippen LogP contribution < -0.4 is 4.90 Å². The lowest BCUT2D eigenvalue weighted by Crippen LogP contribution is -2.49. The van der Waals surface area contributed by atoms with Gasteiger partial charge in [0, 0.05) is 55.4 Å². The number of aromatic nitrogens is 1. The topological polar surface area (TPSA) is 86.0 Å². The first kappa shape index (κ1) is 19.0. The minimum Gasteiger partial charge on any atom is -0.480 e. The lowest BCUT2D eigenvalue weighted by molar-refractivity contribution is -0.143. The zero-order chi connectivity index (χ0) is 20.5. The molecule has 0 amide bonds. The minimum absolute atomic E-state index is 0.0316. The number of rotatable bonds is 5. The summed E-state index contributed by atoms with van der Waals surface area (Å²) in [4.78, 5) is 28.4. The van der Waals surface area contributed by atoms with E-state index in [4.69, 9.17) is 0 Å². The summed E-state index contributed by atoms with van der Waals surface area (Å²) in [5, 5.41) is 20.6. The third kappa shape index (κ3) is 3.34.